The summed E-state index contributed by atoms with van der Waals surface area (Å²) in [7, 11) is -4.30. The van der Waals surface area contributed by atoms with Crippen molar-refractivity contribution < 1.29 is 13.0 Å². The molecule has 0 saturated heterocycles. The molecule has 0 aromatic heterocycles. The summed E-state index contributed by atoms with van der Waals surface area (Å²) in [5, 5.41) is -0.167. The van der Waals surface area contributed by atoms with Crippen LogP contribution in [0.2, 0.25) is 0 Å². The molecule has 1 aromatic rings. The summed E-state index contributed by atoms with van der Waals surface area (Å²) in [5.74, 6) is -0.741. The third-order valence-electron chi connectivity index (χ3n) is 2.55. The molecule has 0 fully saturated rings. The Kier molecular flexibility index (Phi) is 4.61. The first-order valence-electron chi connectivity index (χ1n) is 5.35. The molecule has 0 aliphatic carbocycles. The first-order valence-corrected chi connectivity index (χ1v) is 8.09. The van der Waals surface area contributed by atoms with Crippen molar-refractivity contribution in [3.05, 3.63) is 46.1 Å². The van der Waals surface area contributed by atoms with Gasteiger partial charge in [-0.2, -0.15) is 8.42 Å². The van der Waals surface area contributed by atoms with Gasteiger partial charge in [-0.05, 0) is 5.56 Å². The molecule has 1 atom stereocenters. The number of aliphatic imine (C=N–C) groups is 1. The number of allylic oxidation sites excluding steroid dienone is 1. The average Bonchev–Trinajstić information content (AvgIpc) is 2.39. The molecule has 1 unspecified atom stereocenters. The first kappa shape index (κ1) is 15.6. The molecule has 20 heavy (non-hydrogen) atoms. The predicted octanol–water partition coefficient (Wildman–Crippen LogP) is 3.13. The van der Waals surface area contributed by atoms with Gasteiger partial charge in [-0.1, -0.05) is 65.1 Å². The van der Waals surface area contributed by atoms with Crippen LogP contribution >= 0.6 is 34.8 Å². The van der Waals surface area contributed by atoms with Crippen LogP contribution in [0.1, 0.15) is 11.7 Å². The molecular formula is C11H9Cl3N2O3S. The van der Waals surface area contributed by atoms with Crippen molar-refractivity contribution in [3.8, 4) is 0 Å². The molecule has 1 aliphatic heterocycles. The maximum atomic E-state index is 11.1. The highest BCUT2D eigenvalue weighted by atomic mass is 35.5. The van der Waals surface area contributed by atoms with Gasteiger partial charge in [0.15, 0.2) is 6.17 Å². The van der Waals surface area contributed by atoms with Gasteiger partial charge in [0.05, 0.1) is 0 Å². The van der Waals surface area contributed by atoms with Crippen LogP contribution in [0.5, 0.6) is 0 Å². The number of nitrogens with zero attached hydrogens (tertiary/aromatic N) is 2. The van der Waals surface area contributed by atoms with Gasteiger partial charge in [0.25, 0.3) is 10.1 Å². The summed E-state index contributed by atoms with van der Waals surface area (Å²) in [6, 6.07) is 8.79. The van der Waals surface area contributed by atoms with Gasteiger partial charge in [0, 0.05) is 0 Å². The molecular weight excluding hydrogens is 347 g/mol. The van der Waals surface area contributed by atoms with E-state index in [0.29, 0.717) is 5.56 Å². The fourth-order valence-corrected chi connectivity index (χ4v) is 3.06. The van der Waals surface area contributed by atoms with Gasteiger partial charge in [-0.15, -0.1) is 0 Å². The average molecular weight is 356 g/mol. The molecule has 1 heterocycles. The van der Waals surface area contributed by atoms with Gasteiger partial charge in [0.1, 0.15) is 21.2 Å². The molecule has 9 heteroatoms. The van der Waals surface area contributed by atoms with Crippen molar-refractivity contribution >= 4 is 50.1 Å². The zero-order valence-corrected chi connectivity index (χ0v) is 13.0. The maximum absolute atomic E-state index is 11.1. The van der Waals surface area contributed by atoms with E-state index < -0.39 is 22.2 Å². The maximum Gasteiger partial charge on any atom is 0.283 e. The Morgan fingerprint density at radius 2 is 1.80 bits per heavy atom. The smallest absolute Gasteiger partial charge is 0.283 e. The Morgan fingerprint density at radius 3 is 2.35 bits per heavy atom. The predicted molar refractivity (Wildman–Crippen MR) is 79.5 cm³/mol. The molecule has 0 spiro atoms. The van der Waals surface area contributed by atoms with E-state index in [1.807, 2.05) is 0 Å². The molecule has 0 amide bonds. The van der Waals surface area contributed by atoms with Gasteiger partial charge in [-0.3, -0.25) is 4.55 Å². The second-order valence-corrected chi connectivity index (χ2v) is 6.51. The van der Waals surface area contributed by atoms with Gasteiger partial charge >= 0.3 is 0 Å². The molecule has 1 aromatic carbocycles. The third-order valence-corrected chi connectivity index (χ3v) is 4.39. The van der Waals surface area contributed by atoms with Gasteiger partial charge in [-0.25, -0.2) is 4.99 Å². The molecule has 0 bridgehead atoms. The van der Waals surface area contributed by atoms with E-state index in [1.54, 1.807) is 30.3 Å². The van der Waals surface area contributed by atoms with E-state index in [0.717, 1.165) is 4.90 Å². The Hall–Kier alpha value is -0.790. The Bertz CT molecular complexity index is 673. The summed E-state index contributed by atoms with van der Waals surface area (Å²) >= 11 is 17.8. The molecule has 108 valence electrons. The highest BCUT2D eigenvalue weighted by molar-refractivity contribution is 7.85. The number of rotatable bonds is 3. The van der Waals surface area contributed by atoms with Crippen molar-refractivity contribution in [2.45, 2.75) is 6.17 Å². The second-order valence-electron chi connectivity index (χ2n) is 3.99. The molecule has 5 nitrogen and oxygen atoms in total. The van der Waals surface area contributed by atoms with Gasteiger partial charge in [0.2, 0.25) is 0 Å². The molecule has 2 rings (SSSR count). The zero-order chi connectivity index (χ0) is 14.9. The van der Waals surface area contributed by atoms with Crippen LogP contribution < -0.4 is 0 Å². The first-order chi connectivity index (χ1) is 9.29. The SMILES string of the molecule is O=S(=O)(O)CN1C(Cl)=C(Cl)C(Cl)=NC1c1ccccc1. The van der Waals surface area contributed by atoms with Crippen LogP contribution in [0.25, 0.3) is 0 Å². The van der Waals surface area contributed by atoms with Crippen molar-refractivity contribution in [3.63, 3.8) is 0 Å². The van der Waals surface area contributed by atoms with Crippen LogP contribution in [0.4, 0.5) is 0 Å². The van der Waals surface area contributed by atoms with Crippen LogP contribution in [0.15, 0.2) is 45.5 Å². The van der Waals surface area contributed by atoms with E-state index in [1.165, 1.54) is 0 Å². The van der Waals surface area contributed by atoms with Crippen LogP contribution in [-0.4, -0.2) is 28.9 Å². The number of halogens is 3. The number of benzene rings is 1. The van der Waals surface area contributed by atoms with Crippen molar-refractivity contribution in [2.75, 3.05) is 5.88 Å². The summed E-state index contributed by atoms with van der Waals surface area (Å²) in [6.45, 7) is 0. The molecule has 0 saturated carbocycles. The molecule has 1 N–H and O–H groups in total. The Balaban J connectivity index is 2.48. The fourth-order valence-electron chi connectivity index (χ4n) is 1.73. The Morgan fingerprint density at radius 1 is 1.20 bits per heavy atom. The fraction of sp³-hybridized carbons (Fsp3) is 0.182. The molecule has 1 aliphatic rings. The minimum Gasteiger partial charge on any atom is -0.318 e. The van der Waals surface area contributed by atoms with Crippen LogP contribution in [-0.2, 0) is 10.1 Å². The van der Waals surface area contributed by atoms with E-state index in [-0.39, 0.29) is 15.4 Å². The monoisotopic (exact) mass is 354 g/mol. The summed E-state index contributed by atoms with van der Waals surface area (Å²) in [6.07, 6.45) is -0.777. The minimum atomic E-state index is -4.30. The van der Waals surface area contributed by atoms with E-state index in [4.69, 9.17) is 39.4 Å². The lowest BCUT2D eigenvalue weighted by Crippen LogP contribution is -2.34. The number of hydrogen-bond donors (Lipinski definition) is 1. The lowest BCUT2D eigenvalue weighted by molar-refractivity contribution is 0.303. The third kappa shape index (κ3) is 3.45. The topological polar surface area (TPSA) is 70.0 Å². The van der Waals surface area contributed by atoms with Crippen molar-refractivity contribution in [1.82, 2.24) is 4.90 Å². The van der Waals surface area contributed by atoms with E-state index in [2.05, 4.69) is 4.99 Å². The van der Waals surface area contributed by atoms with Gasteiger partial charge < -0.3 is 4.90 Å². The summed E-state index contributed by atoms with van der Waals surface area (Å²) in [5.41, 5.74) is 0.664. The lowest BCUT2D eigenvalue weighted by Gasteiger charge is -2.32. The van der Waals surface area contributed by atoms with Crippen LogP contribution in [0, 0.1) is 0 Å². The quantitative estimate of drug-likeness (QED) is 0.668. The largest absolute Gasteiger partial charge is 0.318 e. The number of hydrogen-bond acceptors (Lipinski definition) is 4. The highest BCUT2D eigenvalue weighted by Gasteiger charge is 2.31. The highest BCUT2D eigenvalue weighted by Crippen LogP contribution is 2.36. The van der Waals surface area contributed by atoms with E-state index in [9.17, 15) is 8.42 Å². The second kappa shape index (κ2) is 5.91. The zero-order valence-electron chi connectivity index (χ0n) is 9.87. The standard InChI is InChI=1S/C11H9Cl3N2O3S/c12-8-9(13)15-11(7-4-2-1-3-5-7)16(10(8)14)6-20(17,18)19/h1-5,11H,6H2,(H,17,18,19). The van der Waals surface area contributed by atoms with E-state index >= 15 is 0 Å². The summed E-state index contributed by atoms with van der Waals surface area (Å²) in [4.78, 5) is 5.26. The normalized spacial score (nSPS) is 20.1. The van der Waals surface area contributed by atoms with Crippen molar-refractivity contribution in [2.24, 2.45) is 4.99 Å². The lowest BCUT2D eigenvalue weighted by atomic mass is 10.1. The minimum absolute atomic E-state index is 0.0166. The molecule has 0 radical (unpaired) electrons. The van der Waals surface area contributed by atoms with Crippen molar-refractivity contribution in [1.29, 1.82) is 0 Å². The summed E-state index contributed by atoms with van der Waals surface area (Å²) < 4.78 is 31.3. The van der Waals surface area contributed by atoms with Crippen LogP contribution in [0.3, 0.4) is 0 Å². The Labute approximate surface area is 131 Å².